The van der Waals surface area contributed by atoms with Crippen molar-refractivity contribution in [2.75, 3.05) is 5.32 Å². The number of amides is 1. The van der Waals surface area contributed by atoms with Crippen LogP contribution in [-0.4, -0.2) is 17.0 Å². The molecule has 3 aliphatic rings. The van der Waals surface area contributed by atoms with Gasteiger partial charge in [-0.25, -0.2) is 0 Å². The van der Waals surface area contributed by atoms with Crippen molar-refractivity contribution in [1.82, 2.24) is 0 Å². The molecule has 4 nitrogen and oxygen atoms in total. The summed E-state index contributed by atoms with van der Waals surface area (Å²) in [6, 6.07) is 25.1. The number of carbonyl (C=O) groups is 2. The minimum atomic E-state index is -0.924. The molecule has 3 aromatic rings. The van der Waals surface area contributed by atoms with Crippen LogP contribution < -0.4 is 5.32 Å². The van der Waals surface area contributed by atoms with E-state index >= 15 is 0 Å². The maximum absolute atomic E-state index is 13.3. The Balaban J connectivity index is 1.67. The van der Waals surface area contributed by atoms with E-state index in [9.17, 15) is 14.7 Å². The van der Waals surface area contributed by atoms with Gasteiger partial charge in [-0.05, 0) is 34.4 Å². The molecule has 0 saturated heterocycles. The Bertz CT molecular complexity index is 1030. The normalized spacial score (nSPS) is 24.1. The number of carboxylic acids is 1. The second kappa shape index (κ2) is 6.34. The fourth-order valence-corrected chi connectivity index (χ4v) is 5.04. The first-order valence-electron chi connectivity index (χ1n) is 9.43. The van der Waals surface area contributed by atoms with Crippen molar-refractivity contribution < 1.29 is 14.7 Å². The molecule has 2 atom stereocenters. The van der Waals surface area contributed by atoms with Crippen molar-refractivity contribution in [3.63, 3.8) is 0 Å². The average Bonchev–Trinajstić information content (AvgIpc) is 2.73. The molecule has 0 fully saturated rings. The highest BCUT2D eigenvalue weighted by atomic mass is 16.4. The van der Waals surface area contributed by atoms with Crippen LogP contribution in [0.4, 0.5) is 5.69 Å². The summed E-state index contributed by atoms with van der Waals surface area (Å²) < 4.78 is 0. The Morgan fingerprint density at radius 3 is 1.54 bits per heavy atom. The van der Waals surface area contributed by atoms with Crippen molar-refractivity contribution in [1.29, 1.82) is 0 Å². The average molecular weight is 369 g/mol. The van der Waals surface area contributed by atoms with Gasteiger partial charge in [-0.15, -0.1) is 0 Å². The summed E-state index contributed by atoms with van der Waals surface area (Å²) in [6.07, 6.45) is 0. The van der Waals surface area contributed by atoms with Crippen LogP contribution in [0.25, 0.3) is 0 Å². The van der Waals surface area contributed by atoms with E-state index in [4.69, 9.17) is 0 Å². The lowest BCUT2D eigenvalue weighted by Gasteiger charge is -2.48. The van der Waals surface area contributed by atoms with E-state index in [1.807, 2.05) is 78.9 Å². The number of benzene rings is 3. The third-order valence-electron chi connectivity index (χ3n) is 6.07. The topological polar surface area (TPSA) is 66.4 Å². The Hall–Kier alpha value is -3.40. The molecule has 0 spiro atoms. The molecule has 3 aromatic carbocycles. The SMILES string of the molecule is O=C(O)[C@H]1C2c3ccccc3C(c3ccccc32)[C@@H]1C(=O)Nc1ccccc1. The molecule has 6 rings (SSSR count). The van der Waals surface area contributed by atoms with Crippen molar-refractivity contribution >= 4 is 17.6 Å². The number of carbonyl (C=O) groups excluding carboxylic acids is 1. The second-order valence-electron chi connectivity index (χ2n) is 7.46. The fourth-order valence-electron chi connectivity index (χ4n) is 5.04. The number of para-hydroxylation sites is 1. The van der Waals surface area contributed by atoms with Gasteiger partial charge in [0.05, 0.1) is 11.8 Å². The first-order valence-corrected chi connectivity index (χ1v) is 9.43. The number of fused-ring (bicyclic) bond motifs is 1. The molecule has 0 aliphatic heterocycles. The van der Waals surface area contributed by atoms with Gasteiger partial charge in [-0.2, -0.15) is 0 Å². The maximum atomic E-state index is 13.3. The predicted octanol–water partition coefficient (Wildman–Crippen LogP) is 4.23. The van der Waals surface area contributed by atoms with E-state index < -0.39 is 17.8 Å². The fraction of sp³-hybridized carbons (Fsp3) is 0.167. The van der Waals surface area contributed by atoms with Crippen LogP contribution in [0.15, 0.2) is 78.9 Å². The molecular formula is C24H19NO3. The number of carboxylic acid groups (broad SMARTS) is 1. The van der Waals surface area contributed by atoms with Gasteiger partial charge in [0.1, 0.15) is 0 Å². The predicted molar refractivity (Wildman–Crippen MR) is 106 cm³/mol. The van der Waals surface area contributed by atoms with Crippen LogP contribution in [-0.2, 0) is 9.59 Å². The summed E-state index contributed by atoms with van der Waals surface area (Å²) in [4.78, 5) is 25.7. The van der Waals surface area contributed by atoms with E-state index in [1.54, 1.807) is 0 Å². The molecule has 0 unspecified atom stereocenters. The van der Waals surface area contributed by atoms with Crippen molar-refractivity contribution in [3.8, 4) is 0 Å². The van der Waals surface area contributed by atoms with Crippen molar-refractivity contribution in [3.05, 3.63) is 101 Å². The van der Waals surface area contributed by atoms with E-state index in [0.29, 0.717) is 5.69 Å². The molecule has 4 heteroatoms. The monoisotopic (exact) mass is 369 g/mol. The van der Waals surface area contributed by atoms with Gasteiger partial charge in [-0.1, -0.05) is 66.7 Å². The van der Waals surface area contributed by atoms with E-state index in [1.165, 1.54) is 0 Å². The van der Waals surface area contributed by atoms with Crippen LogP contribution in [0.5, 0.6) is 0 Å². The second-order valence-corrected chi connectivity index (χ2v) is 7.46. The molecule has 2 N–H and O–H groups in total. The van der Waals surface area contributed by atoms with Crippen LogP contribution in [0.2, 0.25) is 0 Å². The van der Waals surface area contributed by atoms with Crippen LogP contribution in [0, 0.1) is 11.8 Å². The zero-order valence-electron chi connectivity index (χ0n) is 15.1. The van der Waals surface area contributed by atoms with Crippen LogP contribution in [0.1, 0.15) is 34.1 Å². The molecule has 1 amide bonds. The first-order chi connectivity index (χ1) is 13.7. The van der Waals surface area contributed by atoms with Gasteiger partial charge in [-0.3, -0.25) is 9.59 Å². The molecule has 0 aromatic heterocycles. The number of hydrogen-bond acceptors (Lipinski definition) is 2. The number of nitrogens with one attached hydrogen (secondary N) is 1. The minimum Gasteiger partial charge on any atom is -0.481 e. The molecule has 0 saturated carbocycles. The number of hydrogen-bond donors (Lipinski definition) is 2. The summed E-state index contributed by atoms with van der Waals surface area (Å²) in [5.41, 5.74) is 4.87. The van der Waals surface area contributed by atoms with Gasteiger partial charge in [0.15, 0.2) is 0 Å². The van der Waals surface area contributed by atoms with Gasteiger partial charge < -0.3 is 10.4 Å². The zero-order chi connectivity index (χ0) is 19.3. The highest BCUT2D eigenvalue weighted by Gasteiger charge is 2.55. The highest BCUT2D eigenvalue weighted by Crippen LogP contribution is 2.58. The van der Waals surface area contributed by atoms with E-state index in [0.717, 1.165) is 22.3 Å². The highest BCUT2D eigenvalue weighted by molar-refractivity contribution is 5.98. The van der Waals surface area contributed by atoms with Gasteiger partial charge in [0, 0.05) is 17.5 Å². The first kappa shape index (κ1) is 16.8. The Kier molecular flexibility index (Phi) is 3.79. The lowest BCUT2D eigenvalue weighted by Crippen LogP contribution is -2.48. The van der Waals surface area contributed by atoms with Crippen molar-refractivity contribution in [2.45, 2.75) is 11.8 Å². The molecule has 0 heterocycles. The van der Waals surface area contributed by atoms with E-state index in [-0.39, 0.29) is 17.7 Å². The molecular weight excluding hydrogens is 350 g/mol. The van der Waals surface area contributed by atoms with Crippen LogP contribution in [0.3, 0.4) is 0 Å². The van der Waals surface area contributed by atoms with E-state index in [2.05, 4.69) is 5.32 Å². The van der Waals surface area contributed by atoms with Gasteiger partial charge >= 0.3 is 5.97 Å². The summed E-state index contributed by atoms with van der Waals surface area (Å²) in [5, 5.41) is 13.1. The van der Waals surface area contributed by atoms with Crippen LogP contribution >= 0.6 is 0 Å². The Morgan fingerprint density at radius 2 is 1.07 bits per heavy atom. The largest absolute Gasteiger partial charge is 0.481 e. The maximum Gasteiger partial charge on any atom is 0.308 e. The summed E-state index contributed by atoms with van der Waals surface area (Å²) in [6.45, 7) is 0. The lowest BCUT2D eigenvalue weighted by molar-refractivity contribution is -0.148. The molecule has 28 heavy (non-hydrogen) atoms. The molecule has 0 radical (unpaired) electrons. The molecule has 2 bridgehead atoms. The standard InChI is InChI=1S/C24H19NO3/c26-23(25-14-8-2-1-3-9-14)21-19-15-10-4-6-12-17(15)20(22(21)24(27)28)18-13-7-5-11-16(18)19/h1-13,19-22H,(H,25,26)(H,27,28)/t19?,20?,21-,22-/m0/s1. The summed E-state index contributed by atoms with van der Waals surface area (Å²) in [5.74, 6) is -3.19. The Morgan fingerprint density at radius 1 is 0.643 bits per heavy atom. The zero-order valence-corrected chi connectivity index (χ0v) is 15.1. The number of aliphatic carboxylic acids is 1. The lowest BCUT2D eigenvalue weighted by atomic mass is 9.54. The number of rotatable bonds is 3. The molecule has 138 valence electrons. The van der Waals surface area contributed by atoms with Crippen molar-refractivity contribution in [2.24, 2.45) is 11.8 Å². The summed E-state index contributed by atoms with van der Waals surface area (Å²) >= 11 is 0. The summed E-state index contributed by atoms with van der Waals surface area (Å²) in [7, 11) is 0. The molecule has 3 aliphatic carbocycles. The minimum absolute atomic E-state index is 0.238. The Labute approximate surface area is 162 Å². The third kappa shape index (κ3) is 2.38. The number of anilines is 1. The quantitative estimate of drug-likeness (QED) is 0.726. The van der Waals surface area contributed by atoms with Gasteiger partial charge in [0.25, 0.3) is 0 Å². The third-order valence-corrected chi connectivity index (χ3v) is 6.07. The van der Waals surface area contributed by atoms with Gasteiger partial charge in [0.2, 0.25) is 5.91 Å². The smallest absolute Gasteiger partial charge is 0.308 e.